The van der Waals surface area contributed by atoms with E-state index >= 15 is 0 Å². The van der Waals surface area contributed by atoms with Gasteiger partial charge in [-0.15, -0.1) is 0 Å². The van der Waals surface area contributed by atoms with Crippen LogP contribution in [0.1, 0.15) is 19.3 Å². The zero-order chi connectivity index (χ0) is 13.0. The van der Waals surface area contributed by atoms with Gasteiger partial charge in [-0.25, -0.2) is 4.39 Å². The van der Waals surface area contributed by atoms with Crippen molar-refractivity contribution in [2.24, 2.45) is 5.92 Å². The Morgan fingerprint density at radius 2 is 2.26 bits per heavy atom. The summed E-state index contributed by atoms with van der Waals surface area (Å²) in [6.45, 7) is 0.152. The Morgan fingerprint density at radius 1 is 1.47 bits per heavy atom. The van der Waals surface area contributed by atoms with Gasteiger partial charge in [0.2, 0.25) is 5.91 Å². The van der Waals surface area contributed by atoms with Crippen LogP contribution in [0.3, 0.4) is 0 Å². The van der Waals surface area contributed by atoms with Crippen LogP contribution in [-0.2, 0) is 11.3 Å². The van der Waals surface area contributed by atoms with E-state index in [9.17, 15) is 9.18 Å². The van der Waals surface area contributed by atoms with Crippen molar-refractivity contribution in [1.29, 1.82) is 0 Å². The molecule has 2 bridgehead atoms. The highest BCUT2D eigenvalue weighted by atomic mass is 19.1. The second kappa shape index (κ2) is 3.56. The molecule has 1 N–H and O–H groups in total. The van der Waals surface area contributed by atoms with Crippen LogP contribution >= 0.6 is 0 Å². The van der Waals surface area contributed by atoms with Gasteiger partial charge in [0, 0.05) is 5.54 Å². The highest BCUT2D eigenvalue weighted by molar-refractivity contribution is 5.82. The number of aromatic nitrogens is 2. The standard InChI is InChI=1S/C14H14FN3O/c15-11-2-1-3-12-10(11)7-16-18(12)8-13(19)17-14-4-9(5-14)6-14/h1-3,7,9H,4-6,8H2,(H,17,19). The molecule has 19 heavy (non-hydrogen) atoms. The lowest BCUT2D eigenvalue weighted by atomic mass is 9.50. The van der Waals surface area contributed by atoms with Crippen molar-refractivity contribution in [3.8, 4) is 0 Å². The lowest BCUT2D eigenvalue weighted by Gasteiger charge is -2.61. The fourth-order valence-corrected chi connectivity index (χ4v) is 3.30. The van der Waals surface area contributed by atoms with E-state index < -0.39 is 0 Å². The normalized spacial score (nSPS) is 27.7. The minimum atomic E-state index is -0.302. The number of rotatable bonds is 3. The molecule has 2 aromatic rings. The minimum absolute atomic E-state index is 0.0348. The van der Waals surface area contributed by atoms with Crippen molar-refractivity contribution in [2.45, 2.75) is 31.3 Å². The zero-order valence-electron chi connectivity index (χ0n) is 10.4. The van der Waals surface area contributed by atoms with Crippen LogP contribution in [0.2, 0.25) is 0 Å². The fraction of sp³-hybridized carbons (Fsp3) is 0.429. The van der Waals surface area contributed by atoms with Crippen molar-refractivity contribution >= 4 is 16.8 Å². The lowest BCUT2D eigenvalue weighted by Crippen LogP contribution is -2.68. The third-order valence-corrected chi connectivity index (χ3v) is 4.37. The average molecular weight is 259 g/mol. The van der Waals surface area contributed by atoms with Gasteiger partial charge in [-0.1, -0.05) is 6.07 Å². The predicted molar refractivity (Wildman–Crippen MR) is 67.9 cm³/mol. The number of benzene rings is 1. The molecule has 0 radical (unpaired) electrons. The minimum Gasteiger partial charge on any atom is -0.349 e. The van der Waals surface area contributed by atoms with E-state index in [1.807, 2.05) is 0 Å². The first-order chi connectivity index (χ1) is 9.15. The smallest absolute Gasteiger partial charge is 0.242 e. The number of nitrogens with one attached hydrogen (secondary N) is 1. The molecule has 0 atom stereocenters. The Labute approximate surface area is 109 Å². The Bertz CT molecular complexity index is 661. The van der Waals surface area contributed by atoms with Crippen molar-refractivity contribution < 1.29 is 9.18 Å². The molecule has 1 amide bonds. The van der Waals surface area contributed by atoms with Gasteiger partial charge in [0.1, 0.15) is 12.4 Å². The summed E-state index contributed by atoms with van der Waals surface area (Å²) in [7, 11) is 0. The van der Waals surface area contributed by atoms with Gasteiger partial charge in [0.15, 0.2) is 0 Å². The summed E-state index contributed by atoms with van der Waals surface area (Å²) >= 11 is 0. The summed E-state index contributed by atoms with van der Waals surface area (Å²) < 4.78 is 15.1. The summed E-state index contributed by atoms with van der Waals surface area (Å²) in [6.07, 6.45) is 4.83. The molecule has 0 spiro atoms. The number of nitrogens with zero attached hydrogens (tertiary/aromatic N) is 2. The zero-order valence-corrected chi connectivity index (χ0v) is 10.4. The van der Waals surface area contributed by atoms with Gasteiger partial charge < -0.3 is 5.32 Å². The topological polar surface area (TPSA) is 46.9 Å². The largest absolute Gasteiger partial charge is 0.349 e. The molecule has 1 heterocycles. The van der Waals surface area contributed by atoms with Crippen molar-refractivity contribution in [3.05, 3.63) is 30.2 Å². The maximum absolute atomic E-state index is 13.5. The van der Waals surface area contributed by atoms with E-state index in [1.165, 1.54) is 12.3 Å². The SMILES string of the molecule is O=C(Cn1ncc2c(F)cccc21)NC12CC(C1)C2. The van der Waals surface area contributed by atoms with Gasteiger partial charge in [0.05, 0.1) is 17.1 Å². The van der Waals surface area contributed by atoms with Crippen LogP contribution in [0.15, 0.2) is 24.4 Å². The predicted octanol–water partition coefficient (Wildman–Crippen LogP) is 1.84. The van der Waals surface area contributed by atoms with Crippen LogP contribution < -0.4 is 5.32 Å². The summed E-state index contributed by atoms with van der Waals surface area (Å²) in [4.78, 5) is 12.0. The third kappa shape index (κ3) is 1.57. The quantitative estimate of drug-likeness (QED) is 0.914. The highest BCUT2D eigenvalue weighted by Gasteiger charge is 2.57. The van der Waals surface area contributed by atoms with Crippen LogP contribution in [0.5, 0.6) is 0 Å². The maximum Gasteiger partial charge on any atom is 0.242 e. The summed E-state index contributed by atoms with van der Waals surface area (Å²) in [6, 6.07) is 4.81. The van der Waals surface area contributed by atoms with Gasteiger partial charge in [-0.3, -0.25) is 9.48 Å². The molecule has 1 aromatic carbocycles. The van der Waals surface area contributed by atoms with Crippen molar-refractivity contribution in [2.75, 3.05) is 0 Å². The number of carbonyl (C=O) groups is 1. The molecule has 0 aliphatic heterocycles. The first kappa shape index (κ1) is 11.0. The Kier molecular flexibility index (Phi) is 2.05. The monoisotopic (exact) mass is 259 g/mol. The average Bonchev–Trinajstić information content (AvgIpc) is 2.67. The van der Waals surface area contributed by atoms with Gasteiger partial charge in [-0.2, -0.15) is 5.10 Å². The number of fused-ring (bicyclic) bond motifs is 1. The van der Waals surface area contributed by atoms with Crippen LogP contribution in [-0.4, -0.2) is 21.2 Å². The molecule has 3 aliphatic carbocycles. The van der Waals surface area contributed by atoms with Gasteiger partial charge in [-0.05, 0) is 37.3 Å². The number of halogens is 1. The lowest BCUT2D eigenvalue weighted by molar-refractivity contribution is -0.133. The van der Waals surface area contributed by atoms with E-state index in [0.717, 1.165) is 25.2 Å². The van der Waals surface area contributed by atoms with Crippen LogP contribution in [0.4, 0.5) is 4.39 Å². The molecule has 1 aromatic heterocycles. The third-order valence-electron chi connectivity index (χ3n) is 4.37. The van der Waals surface area contributed by atoms with Gasteiger partial charge in [0.25, 0.3) is 0 Å². The van der Waals surface area contributed by atoms with E-state index in [4.69, 9.17) is 0 Å². The summed E-state index contributed by atoms with van der Waals surface area (Å²) in [5.74, 6) is 0.496. The molecule has 3 saturated carbocycles. The molecule has 0 saturated heterocycles. The van der Waals surface area contributed by atoms with E-state index in [2.05, 4.69) is 10.4 Å². The van der Waals surface area contributed by atoms with E-state index in [1.54, 1.807) is 16.8 Å². The van der Waals surface area contributed by atoms with Crippen molar-refractivity contribution in [3.63, 3.8) is 0 Å². The molecule has 98 valence electrons. The Hall–Kier alpha value is -1.91. The molecule has 0 unspecified atom stereocenters. The van der Waals surface area contributed by atoms with Crippen LogP contribution in [0, 0.1) is 11.7 Å². The number of amides is 1. The fourth-order valence-electron chi connectivity index (χ4n) is 3.30. The molecule has 3 fully saturated rings. The first-order valence-corrected chi connectivity index (χ1v) is 6.56. The summed E-state index contributed by atoms with van der Waals surface area (Å²) in [5, 5.41) is 7.64. The maximum atomic E-state index is 13.5. The second-order valence-corrected chi connectivity index (χ2v) is 5.78. The number of carbonyl (C=O) groups excluding carboxylic acids is 1. The van der Waals surface area contributed by atoms with Gasteiger partial charge >= 0.3 is 0 Å². The highest BCUT2D eigenvalue weighted by Crippen LogP contribution is 2.56. The number of hydrogen-bond donors (Lipinski definition) is 1. The van der Waals surface area contributed by atoms with E-state index in [-0.39, 0.29) is 23.8 Å². The Morgan fingerprint density at radius 3 is 2.95 bits per heavy atom. The molecular weight excluding hydrogens is 245 g/mol. The van der Waals surface area contributed by atoms with Crippen LogP contribution in [0.25, 0.3) is 10.9 Å². The summed E-state index contributed by atoms with van der Waals surface area (Å²) in [5.41, 5.74) is 0.739. The molecule has 5 heteroatoms. The molecule has 3 aliphatic rings. The first-order valence-electron chi connectivity index (χ1n) is 6.56. The Balaban J connectivity index is 1.54. The van der Waals surface area contributed by atoms with E-state index in [0.29, 0.717) is 10.9 Å². The molecular formula is C14H14FN3O. The molecule has 4 nitrogen and oxygen atoms in total. The molecule has 5 rings (SSSR count). The van der Waals surface area contributed by atoms with Crippen molar-refractivity contribution in [1.82, 2.24) is 15.1 Å². The second-order valence-electron chi connectivity index (χ2n) is 5.78. The number of hydrogen-bond acceptors (Lipinski definition) is 2.